The molecule has 0 fully saturated rings. The van der Waals surface area contributed by atoms with E-state index in [2.05, 4.69) is 25.9 Å². The van der Waals surface area contributed by atoms with Gasteiger partial charge in [-0.15, -0.1) is 0 Å². The van der Waals surface area contributed by atoms with Crippen LogP contribution < -0.4 is 10.5 Å². The molecule has 5 heteroatoms. The Bertz CT molecular complexity index is 254. The van der Waals surface area contributed by atoms with Crippen molar-refractivity contribution in [3.63, 3.8) is 0 Å². The third-order valence-electron chi connectivity index (χ3n) is 1.03. The SMILES string of the molecule is CCOc1cnc(N)c(Br)n1. The number of hydrogen-bond acceptors (Lipinski definition) is 4. The summed E-state index contributed by atoms with van der Waals surface area (Å²) in [5.74, 6) is 0.849. The molecule has 0 amide bonds. The second-order valence-corrected chi connectivity index (χ2v) is 2.57. The molecule has 0 aliphatic rings. The monoisotopic (exact) mass is 217 g/mol. The van der Waals surface area contributed by atoms with Gasteiger partial charge in [-0.25, -0.2) is 9.97 Å². The highest BCUT2D eigenvalue weighted by Gasteiger charge is 2.00. The molecule has 0 saturated heterocycles. The number of nitrogens with zero attached hydrogens (tertiary/aromatic N) is 2. The number of nitrogen functional groups attached to an aromatic ring is 1. The summed E-state index contributed by atoms with van der Waals surface area (Å²) in [7, 11) is 0. The Labute approximate surface area is 72.9 Å². The molecular formula is C6H8BrN3O. The number of nitrogens with two attached hydrogens (primary N) is 1. The van der Waals surface area contributed by atoms with Crippen LogP contribution in [0.15, 0.2) is 10.8 Å². The van der Waals surface area contributed by atoms with Gasteiger partial charge in [-0.1, -0.05) is 0 Å². The van der Waals surface area contributed by atoms with Gasteiger partial charge in [0.15, 0.2) is 10.4 Å². The normalized spacial score (nSPS) is 9.64. The lowest BCUT2D eigenvalue weighted by Gasteiger charge is -2.01. The number of rotatable bonds is 2. The minimum Gasteiger partial charge on any atom is -0.477 e. The van der Waals surface area contributed by atoms with Crippen LogP contribution >= 0.6 is 15.9 Å². The molecule has 0 aliphatic heterocycles. The molecular weight excluding hydrogens is 210 g/mol. The topological polar surface area (TPSA) is 61.0 Å². The van der Waals surface area contributed by atoms with E-state index in [1.165, 1.54) is 6.20 Å². The zero-order valence-electron chi connectivity index (χ0n) is 6.04. The van der Waals surface area contributed by atoms with Crippen molar-refractivity contribution >= 4 is 21.7 Å². The van der Waals surface area contributed by atoms with E-state index < -0.39 is 0 Å². The second kappa shape index (κ2) is 3.52. The van der Waals surface area contributed by atoms with E-state index in [0.717, 1.165) is 0 Å². The fraction of sp³-hybridized carbons (Fsp3) is 0.333. The Morgan fingerprint density at radius 3 is 3.00 bits per heavy atom. The number of anilines is 1. The van der Waals surface area contributed by atoms with E-state index >= 15 is 0 Å². The smallest absolute Gasteiger partial charge is 0.233 e. The third-order valence-corrected chi connectivity index (χ3v) is 1.61. The van der Waals surface area contributed by atoms with Gasteiger partial charge in [-0.05, 0) is 22.9 Å². The van der Waals surface area contributed by atoms with Gasteiger partial charge in [0, 0.05) is 0 Å². The summed E-state index contributed by atoms with van der Waals surface area (Å²) in [5.41, 5.74) is 5.41. The summed E-state index contributed by atoms with van der Waals surface area (Å²) in [6, 6.07) is 0. The lowest BCUT2D eigenvalue weighted by molar-refractivity contribution is 0.325. The Balaban J connectivity index is 2.86. The third kappa shape index (κ3) is 2.04. The van der Waals surface area contributed by atoms with Crippen molar-refractivity contribution in [2.75, 3.05) is 12.3 Å². The van der Waals surface area contributed by atoms with E-state index in [9.17, 15) is 0 Å². The Morgan fingerprint density at radius 1 is 1.73 bits per heavy atom. The van der Waals surface area contributed by atoms with Crippen LogP contribution in [0, 0.1) is 0 Å². The van der Waals surface area contributed by atoms with Crippen LogP contribution in [0.2, 0.25) is 0 Å². The van der Waals surface area contributed by atoms with Gasteiger partial charge in [-0.3, -0.25) is 0 Å². The highest BCUT2D eigenvalue weighted by Crippen LogP contribution is 2.16. The summed E-state index contributed by atoms with van der Waals surface area (Å²) < 4.78 is 5.60. The molecule has 2 N–H and O–H groups in total. The molecule has 0 unspecified atom stereocenters. The lowest BCUT2D eigenvalue weighted by atomic mass is 10.6. The van der Waals surface area contributed by atoms with Crippen molar-refractivity contribution in [3.8, 4) is 5.88 Å². The van der Waals surface area contributed by atoms with E-state index in [4.69, 9.17) is 10.5 Å². The fourth-order valence-electron chi connectivity index (χ4n) is 0.578. The van der Waals surface area contributed by atoms with E-state index in [1.807, 2.05) is 6.92 Å². The van der Waals surface area contributed by atoms with Crippen LogP contribution in [0.3, 0.4) is 0 Å². The molecule has 1 rings (SSSR count). The van der Waals surface area contributed by atoms with Crippen LogP contribution in [0.4, 0.5) is 5.82 Å². The maximum Gasteiger partial charge on any atom is 0.233 e. The van der Waals surface area contributed by atoms with Gasteiger partial charge >= 0.3 is 0 Å². The van der Waals surface area contributed by atoms with Crippen molar-refractivity contribution in [1.82, 2.24) is 9.97 Å². The first-order chi connectivity index (χ1) is 5.24. The largest absolute Gasteiger partial charge is 0.477 e. The van der Waals surface area contributed by atoms with Crippen LogP contribution in [-0.4, -0.2) is 16.6 Å². The molecule has 0 atom stereocenters. The van der Waals surface area contributed by atoms with Gasteiger partial charge in [0.25, 0.3) is 0 Å². The highest BCUT2D eigenvalue weighted by molar-refractivity contribution is 9.10. The number of hydrogen-bond donors (Lipinski definition) is 1. The quantitative estimate of drug-likeness (QED) is 0.810. The predicted molar refractivity (Wildman–Crippen MR) is 45.3 cm³/mol. The zero-order chi connectivity index (χ0) is 8.27. The summed E-state index contributed by atoms with van der Waals surface area (Å²) >= 11 is 3.14. The molecule has 0 spiro atoms. The zero-order valence-corrected chi connectivity index (χ0v) is 7.63. The van der Waals surface area contributed by atoms with E-state index in [1.54, 1.807) is 0 Å². The molecule has 1 aromatic rings. The van der Waals surface area contributed by atoms with Crippen molar-refractivity contribution in [1.29, 1.82) is 0 Å². The van der Waals surface area contributed by atoms with Crippen LogP contribution in [0.1, 0.15) is 6.92 Å². The first kappa shape index (κ1) is 8.26. The van der Waals surface area contributed by atoms with E-state index in [0.29, 0.717) is 22.9 Å². The predicted octanol–water partition coefficient (Wildman–Crippen LogP) is 1.22. The minimum atomic E-state index is 0.369. The second-order valence-electron chi connectivity index (χ2n) is 1.82. The number of aromatic nitrogens is 2. The van der Waals surface area contributed by atoms with E-state index in [-0.39, 0.29) is 0 Å². The Hall–Kier alpha value is -0.840. The molecule has 0 radical (unpaired) electrons. The molecule has 60 valence electrons. The fourth-order valence-corrected chi connectivity index (χ4v) is 0.855. The van der Waals surface area contributed by atoms with Crippen LogP contribution in [0.5, 0.6) is 5.88 Å². The Morgan fingerprint density at radius 2 is 2.45 bits per heavy atom. The minimum absolute atomic E-state index is 0.369. The first-order valence-corrected chi connectivity index (χ1v) is 3.94. The van der Waals surface area contributed by atoms with Crippen molar-refractivity contribution in [2.45, 2.75) is 6.92 Å². The highest BCUT2D eigenvalue weighted by atomic mass is 79.9. The van der Waals surface area contributed by atoms with Crippen LogP contribution in [0.25, 0.3) is 0 Å². The summed E-state index contributed by atoms with van der Waals surface area (Å²) in [4.78, 5) is 7.81. The van der Waals surface area contributed by atoms with Gasteiger partial charge in [0.1, 0.15) is 0 Å². The number of ether oxygens (including phenoxy) is 1. The van der Waals surface area contributed by atoms with Crippen molar-refractivity contribution in [3.05, 3.63) is 10.8 Å². The average molecular weight is 218 g/mol. The maximum atomic E-state index is 5.41. The molecule has 0 saturated carbocycles. The lowest BCUT2D eigenvalue weighted by Crippen LogP contribution is -1.98. The summed E-state index contributed by atoms with van der Waals surface area (Å²) in [6.45, 7) is 2.46. The summed E-state index contributed by atoms with van der Waals surface area (Å²) in [6.07, 6.45) is 1.49. The Kier molecular flexibility index (Phi) is 2.64. The maximum absolute atomic E-state index is 5.41. The molecule has 0 bridgehead atoms. The van der Waals surface area contributed by atoms with Gasteiger partial charge in [-0.2, -0.15) is 0 Å². The average Bonchev–Trinajstić information content (AvgIpc) is 1.98. The van der Waals surface area contributed by atoms with Gasteiger partial charge < -0.3 is 10.5 Å². The number of halogens is 1. The first-order valence-electron chi connectivity index (χ1n) is 3.15. The van der Waals surface area contributed by atoms with Crippen LogP contribution in [-0.2, 0) is 0 Å². The van der Waals surface area contributed by atoms with Gasteiger partial charge in [0.05, 0.1) is 12.8 Å². The van der Waals surface area contributed by atoms with Gasteiger partial charge in [0.2, 0.25) is 5.88 Å². The molecule has 0 aliphatic carbocycles. The molecule has 0 aromatic carbocycles. The molecule has 1 heterocycles. The molecule has 11 heavy (non-hydrogen) atoms. The summed E-state index contributed by atoms with van der Waals surface area (Å²) in [5, 5.41) is 0. The van der Waals surface area contributed by atoms with Crippen molar-refractivity contribution in [2.24, 2.45) is 0 Å². The van der Waals surface area contributed by atoms with Crippen molar-refractivity contribution < 1.29 is 4.74 Å². The molecule has 4 nitrogen and oxygen atoms in total. The molecule has 1 aromatic heterocycles. The standard InChI is InChI=1S/C6H8BrN3O/c1-2-11-4-3-9-6(8)5(7)10-4/h3H,2H2,1H3,(H2,8,9).